The van der Waals surface area contributed by atoms with Crippen molar-refractivity contribution in [1.82, 2.24) is 15.4 Å². The number of amides is 1. The molecule has 9 heteroatoms. The van der Waals surface area contributed by atoms with Crippen LogP contribution in [0, 0.1) is 12.8 Å². The third-order valence-electron chi connectivity index (χ3n) is 4.57. The van der Waals surface area contributed by atoms with E-state index in [2.05, 4.69) is 15.4 Å². The molecule has 1 saturated heterocycles. The highest BCUT2D eigenvalue weighted by molar-refractivity contribution is 7.98. The summed E-state index contributed by atoms with van der Waals surface area (Å²) in [4.78, 5) is 12.7. The predicted octanol–water partition coefficient (Wildman–Crippen LogP) is 1.93. The molecule has 0 saturated carbocycles. The van der Waals surface area contributed by atoms with Crippen LogP contribution in [-0.4, -0.2) is 52.0 Å². The second-order valence-electron chi connectivity index (χ2n) is 6.71. The van der Waals surface area contributed by atoms with E-state index in [1.54, 1.807) is 36.0 Å². The lowest BCUT2D eigenvalue weighted by molar-refractivity contribution is -0.122. The summed E-state index contributed by atoms with van der Waals surface area (Å²) in [6.07, 6.45) is 4.45. The lowest BCUT2D eigenvalue weighted by Crippen LogP contribution is -2.47. The molecule has 2 rings (SSSR count). The van der Waals surface area contributed by atoms with Crippen LogP contribution in [0.15, 0.2) is 29.2 Å². The highest BCUT2D eigenvalue weighted by atomic mass is 35.5. The fourth-order valence-electron chi connectivity index (χ4n) is 2.94. The van der Waals surface area contributed by atoms with Crippen molar-refractivity contribution in [1.29, 1.82) is 0 Å². The van der Waals surface area contributed by atoms with Crippen molar-refractivity contribution in [2.75, 3.05) is 31.6 Å². The first-order valence-corrected chi connectivity index (χ1v) is 11.9. The van der Waals surface area contributed by atoms with Gasteiger partial charge >= 0.3 is 0 Å². The molecule has 0 radical (unpaired) electrons. The smallest absolute Gasteiger partial charge is 0.241 e. The summed E-state index contributed by atoms with van der Waals surface area (Å²) in [5, 5.41) is 6.21. The Labute approximate surface area is 173 Å². The summed E-state index contributed by atoms with van der Waals surface area (Å²) in [5.41, 5.74) is 0.988. The van der Waals surface area contributed by atoms with Gasteiger partial charge in [0.25, 0.3) is 0 Å². The van der Waals surface area contributed by atoms with Gasteiger partial charge in [-0.2, -0.15) is 16.5 Å². The van der Waals surface area contributed by atoms with Gasteiger partial charge < -0.3 is 10.6 Å². The van der Waals surface area contributed by atoms with E-state index >= 15 is 0 Å². The molecule has 1 aromatic rings. The predicted molar refractivity (Wildman–Crippen MR) is 114 cm³/mol. The van der Waals surface area contributed by atoms with E-state index in [1.807, 2.05) is 13.2 Å². The molecule has 0 bridgehead atoms. The first-order chi connectivity index (χ1) is 12.4. The number of benzene rings is 1. The number of hydrogen-bond acceptors (Lipinski definition) is 5. The third-order valence-corrected chi connectivity index (χ3v) is 6.70. The number of halogens is 1. The summed E-state index contributed by atoms with van der Waals surface area (Å²) in [5.74, 6) is 1.05. The normalized spacial score (nSPS) is 17.9. The maximum absolute atomic E-state index is 12.6. The van der Waals surface area contributed by atoms with Crippen LogP contribution in [0.5, 0.6) is 0 Å². The molecule has 1 aromatic carbocycles. The van der Waals surface area contributed by atoms with Crippen molar-refractivity contribution in [2.45, 2.75) is 37.1 Å². The summed E-state index contributed by atoms with van der Waals surface area (Å²) in [6.45, 7) is 4.50. The number of rotatable bonds is 10. The molecule has 1 aliphatic rings. The molecule has 1 aliphatic heterocycles. The van der Waals surface area contributed by atoms with Crippen molar-refractivity contribution < 1.29 is 13.2 Å². The van der Waals surface area contributed by atoms with Gasteiger partial charge in [-0.15, -0.1) is 12.4 Å². The number of carbonyl (C=O) groups excluding carboxylic acids is 1. The minimum atomic E-state index is -3.72. The Balaban J connectivity index is 0.00000364. The highest BCUT2D eigenvalue weighted by Crippen LogP contribution is 2.13. The second-order valence-corrected chi connectivity index (χ2v) is 9.41. The first-order valence-electron chi connectivity index (χ1n) is 8.99. The molecule has 1 amide bonds. The molecule has 154 valence electrons. The van der Waals surface area contributed by atoms with E-state index in [0.717, 1.165) is 31.5 Å². The van der Waals surface area contributed by atoms with Crippen LogP contribution < -0.4 is 15.4 Å². The molecule has 0 aromatic heterocycles. The zero-order chi connectivity index (χ0) is 19.0. The van der Waals surface area contributed by atoms with Crippen LogP contribution in [-0.2, 0) is 14.8 Å². The van der Waals surface area contributed by atoms with E-state index in [1.165, 1.54) is 0 Å². The van der Waals surface area contributed by atoms with Gasteiger partial charge in [-0.3, -0.25) is 4.79 Å². The fourth-order valence-corrected chi connectivity index (χ4v) is 4.64. The molecular formula is C18H30ClN3O3S2. The van der Waals surface area contributed by atoms with E-state index in [9.17, 15) is 13.2 Å². The average Bonchev–Trinajstić information content (AvgIpc) is 3.12. The molecule has 1 fully saturated rings. The Morgan fingerprint density at radius 2 is 2.04 bits per heavy atom. The number of thioether (sulfide) groups is 1. The molecule has 0 spiro atoms. The summed E-state index contributed by atoms with van der Waals surface area (Å²) >= 11 is 1.59. The number of aryl methyl sites for hydroxylation is 1. The zero-order valence-corrected chi connectivity index (χ0v) is 18.3. The van der Waals surface area contributed by atoms with Crippen LogP contribution in [0.4, 0.5) is 0 Å². The molecule has 0 aliphatic carbocycles. The Hall–Kier alpha value is -0.800. The molecule has 3 N–H and O–H groups in total. The average molecular weight is 436 g/mol. The van der Waals surface area contributed by atoms with Crippen LogP contribution in [0.3, 0.4) is 0 Å². The van der Waals surface area contributed by atoms with Gasteiger partial charge in [0.05, 0.1) is 4.90 Å². The molecule has 2 atom stereocenters. The SMILES string of the molecule is CSCCC(NS(=O)(=O)c1ccc(C)cc1)C(=O)NCCC1CCNC1.Cl. The maximum atomic E-state index is 12.6. The molecule has 27 heavy (non-hydrogen) atoms. The van der Waals surface area contributed by atoms with Gasteiger partial charge in [-0.1, -0.05) is 17.7 Å². The third kappa shape index (κ3) is 7.99. The Kier molecular flexibility index (Phi) is 10.7. The van der Waals surface area contributed by atoms with Gasteiger partial charge in [0.1, 0.15) is 6.04 Å². The molecular weight excluding hydrogens is 406 g/mol. The Morgan fingerprint density at radius 3 is 2.63 bits per heavy atom. The largest absolute Gasteiger partial charge is 0.355 e. The van der Waals surface area contributed by atoms with E-state index in [-0.39, 0.29) is 23.2 Å². The van der Waals surface area contributed by atoms with E-state index in [0.29, 0.717) is 24.6 Å². The number of carbonyl (C=O) groups is 1. The standard InChI is InChI=1S/C18H29N3O3S2.ClH/c1-14-3-5-16(6-4-14)26(23,24)21-17(9-12-25-2)18(22)20-11-8-15-7-10-19-13-15;/h3-6,15,17,19,21H,7-13H2,1-2H3,(H,20,22);1H. The topological polar surface area (TPSA) is 87.3 Å². The first kappa shape index (κ1) is 24.2. The lowest BCUT2D eigenvalue weighted by atomic mass is 10.1. The molecule has 6 nitrogen and oxygen atoms in total. The molecule has 2 unspecified atom stereocenters. The van der Waals surface area contributed by atoms with Gasteiger partial charge in [-0.25, -0.2) is 8.42 Å². The van der Waals surface area contributed by atoms with Gasteiger partial charge in [0.15, 0.2) is 0 Å². The van der Waals surface area contributed by atoms with Crippen molar-refractivity contribution in [3.05, 3.63) is 29.8 Å². The van der Waals surface area contributed by atoms with Crippen molar-refractivity contribution in [3.8, 4) is 0 Å². The van der Waals surface area contributed by atoms with Gasteiger partial charge in [-0.05, 0) is 69.3 Å². The number of hydrogen-bond donors (Lipinski definition) is 3. The van der Waals surface area contributed by atoms with Crippen molar-refractivity contribution >= 4 is 40.1 Å². The van der Waals surface area contributed by atoms with Crippen LogP contribution >= 0.6 is 24.2 Å². The van der Waals surface area contributed by atoms with Crippen LogP contribution in [0.2, 0.25) is 0 Å². The quantitative estimate of drug-likeness (QED) is 0.522. The van der Waals surface area contributed by atoms with Crippen molar-refractivity contribution in [3.63, 3.8) is 0 Å². The zero-order valence-electron chi connectivity index (χ0n) is 15.9. The monoisotopic (exact) mass is 435 g/mol. The Bertz CT molecular complexity index is 678. The maximum Gasteiger partial charge on any atom is 0.241 e. The highest BCUT2D eigenvalue weighted by Gasteiger charge is 2.25. The minimum Gasteiger partial charge on any atom is -0.355 e. The van der Waals surface area contributed by atoms with E-state index < -0.39 is 16.1 Å². The number of sulfonamides is 1. The minimum absolute atomic E-state index is 0. The summed E-state index contributed by atoms with van der Waals surface area (Å²) in [7, 11) is -3.72. The lowest BCUT2D eigenvalue weighted by Gasteiger charge is -2.19. The fraction of sp³-hybridized carbons (Fsp3) is 0.611. The van der Waals surface area contributed by atoms with Crippen LogP contribution in [0.1, 0.15) is 24.8 Å². The van der Waals surface area contributed by atoms with E-state index in [4.69, 9.17) is 0 Å². The summed E-state index contributed by atoms with van der Waals surface area (Å²) in [6, 6.07) is 5.88. The molecule has 1 heterocycles. The van der Waals surface area contributed by atoms with Crippen molar-refractivity contribution in [2.24, 2.45) is 5.92 Å². The van der Waals surface area contributed by atoms with Gasteiger partial charge in [0, 0.05) is 6.54 Å². The van der Waals surface area contributed by atoms with Crippen LogP contribution in [0.25, 0.3) is 0 Å². The van der Waals surface area contributed by atoms with Gasteiger partial charge in [0.2, 0.25) is 15.9 Å². The number of nitrogens with one attached hydrogen (secondary N) is 3. The Morgan fingerprint density at radius 1 is 1.33 bits per heavy atom. The second kappa shape index (κ2) is 11.9. The summed E-state index contributed by atoms with van der Waals surface area (Å²) < 4.78 is 27.8.